The van der Waals surface area contributed by atoms with Crippen LogP contribution in [0.25, 0.3) is 17.1 Å². The Morgan fingerprint density at radius 3 is 2.46 bits per heavy atom. The fourth-order valence-electron chi connectivity index (χ4n) is 4.37. The molecule has 1 aliphatic heterocycles. The van der Waals surface area contributed by atoms with Gasteiger partial charge in [0.2, 0.25) is 5.91 Å². The highest BCUT2D eigenvalue weighted by molar-refractivity contribution is 8.15. The molecule has 2 fully saturated rings. The third-order valence-electron chi connectivity index (χ3n) is 6.38. The van der Waals surface area contributed by atoms with Crippen LogP contribution in [-0.2, 0) is 4.79 Å². The van der Waals surface area contributed by atoms with Gasteiger partial charge in [0.05, 0.1) is 17.1 Å². The van der Waals surface area contributed by atoms with E-state index in [-0.39, 0.29) is 17.4 Å². The number of urea groups is 1. The topological polar surface area (TPSA) is 102 Å². The highest BCUT2D eigenvalue weighted by Crippen LogP contribution is 2.45. The molecule has 1 N–H and O–H groups in total. The number of nitrogens with one attached hydrogen (secondary N) is 1. The van der Waals surface area contributed by atoms with Gasteiger partial charge in [-0.1, -0.05) is 30.0 Å². The van der Waals surface area contributed by atoms with Gasteiger partial charge in [-0.25, -0.2) is 14.5 Å². The van der Waals surface area contributed by atoms with E-state index in [1.54, 1.807) is 24.3 Å². The first-order valence-electron chi connectivity index (χ1n) is 12.6. The second kappa shape index (κ2) is 10.7. The number of benzene rings is 3. The van der Waals surface area contributed by atoms with Gasteiger partial charge in [0.1, 0.15) is 12.1 Å². The predicted octanol–water partition coefficient (Wildman–Crippen LogP) is 6.38. The SMILES string of the molecule is O=C(/N=C1\SCC(=O)N1c1ccccc1C1CC1)Nc1ccc(-c2ncn(-c3ccc(OC(F)(F)F)cc3)n2)cc1. The van der Waals surface area contributed by atoms with Crippen molar-refractivity contribution in [3.63, 3.8) is 0 Å². The number of nitrogens with zero attached hydrogens (tertiary/aromatic N) is 5. The molecule has 0 spiro atoms. The van der Waals surface area contributed by atoms with Crippen molar-refractivity contribution in [3.05, 3.63) is 84.7 Å². The first kappa shape index (κ1) is 26.6. The summed E-state index contributed by atoms with van der Waals surface area (Å²) in [5.74, 6) is 0.571. The van der Waals surface area contributed by atoms with Gasteiger partial charge in [0.15, 0.2) is 11.0 Å². The number of ether oxygens (including phenoxy) is 1. The number of anilines is 2. The van der Waals surface area contributed by atoms with Gasteiger partial charge in [-0.05, 0) is 78.9 Å². The second-order valence-corrected chi connectivity index (χ2v) is 10.2. The third kappa shape index (κ3) is 6.09. The molecular formula is C28H21F3N6O3S. The smallest absolute Gasteiger partial charge is 0.406 e. The second-order valence-electron chi connectivity index (χ2n) is 9.31. The van der Waals surface area contributed by atoms with Crippen molar-refractivity contribution >= 4 is 40.2 Å². The van der Waals surface area contributed by atoms with E-state index in [9.17, 15) is 22.8 Å². The number of carbonyl (C=O) groups excluding carboxylic acids is 2. The van der Waals surface area contributed by atoms with Crippen molar-refractivity contribution in [2.45, 2.75) is 25.1 Å². The number of halogens is 3. The third-order valence-corrected chi connectivity index (χ3v) is 7.30. The Morgan fingerprint density at radius 1 is 1.02 bits per heavy atom. The van der Waals surface area contributed by atoms with Gasteiger partial charge in [-0.2, -0.15) is 4.99 Å². The molecule has 9 nitrogen and oxygen atoms in total. The summed E-state index contributed by atoms with van der Waals surface area (Å²) in [5, 5.41) is 7.43. The van der Waals surface area contributed by atoms with Crippen LogP contribution in [0.1, 0.15) is 24.3 Å². The van der Waals surface area contributed by atoms with Crippen LogP contribution in [0.5, 0.6) is 5.75 Å². The lowest BCUT2D eigenvalue weighted by Crippen LogP contribution is -2.31. The highest BCUT2D eigenvalue weighted by atomic mass is 32.2. The Kier molecular flexibility index (Phi) is 6.95. The van der Waals surface area contributed by atoms with Crippen molar-refractivity contribution in [3.8, 4) is 22.8 Å². The largest absolute Gasteiger partial charge is 0.573 e. The minimum atomic E-state index is -4.77. The summed E-state index contributed by atoms with van der Waals surface area (Å²) < 4.78 is 42.5. The molecule has 13 heteroatoms. The highest BCUT2D eigenvalue weighted by Gasteiger charge is 2.35. The molecule has 1 aliphatic carbocycles. The van der Waals surface area contributed by atoms with E-state index in [4.69, 9.17) is 0 Å². The van der Waals surface area contributed by atoms with Crippen molar-refractivity contribution < 1.29 is 27.5 Å². The number of hydrogen-bond acceptors (Lipinski definition) is 6. The average molecular weight is 579 g/mol. The summed E-state index contributed by atoms with van der Waals surface area (Å²) in [5.41, 5.74) is 3.51. The van der Waals surface area contributed by atoms with Gasteiger partial charge in [0, 0.05) is 11.3 Å². The number of aromatic nitrogens is 3. The van der Waals surface area contributed by atoms with Crippen LogP contribution in [0.3, 0.4) is 0 Å². The minimum Gasteiger partial charge on any atom is -0.406 e. The molecule has 1 saturated carbocycles. The predicted molar refractivity (Wildman–Crippen MR) is 148 cm³/mol. The minimum absolute atomic E-state index is 0.114. The molecule has 3 aromatic carbocycles. The van der Waals surface area contributed by atoms with Gasteiger partial charge < -0.3 is 10.1 Å². The molecule has 41 heavy (non-hydrogen) atoms. The van der Waals surface area contributed by atoms with Crippen molar-refractivity contribution in [1.82, 2.24) is 14.8 Å². The van der Waals surface area contributed by atoms with Crippen LogP contribution in [0, 0.1) is 0 Å². The lowest BCUT2D eigenvalue weighted by atomic mass is 10.1. The van der Waals surface area contributed by atoms with Crippen LogP contribution in [-0.4, -0.2) is 44.0 Å². The summed E-state index contributed by atoms with van der Waals surface area (Å²) in [6.07, 6.45) is -1.16. The maximum Gasteiger partial charge on any atom is 0.573 e. The van der Waals surface area contributed by atoms with Gasteiger partial charge in [-0.3, -0.25) is 9.69 Å². The molecule has 1 saturated heterocycles. The summed E-state index contributed by atoms with van der Waals surface area (Å²) in [6, 6.07) is 19.1. The Balaban J connectivity index is 1.12. The number of thioether (sulfide) groups is 1. The molecule has 4 aromatic rings. The molecular weight excluding hydrogens is 557 g/mol. The first-order chi connectivity index (χ1) is 19.7. The summed E-state index contributed by atoms with van der Waals surface area (Å²) in [4.78, 5) is 35.4. The molecule has 208 valence electrons. The lowest BCUT2D eigenvalue weighted by Gasteiger charge is -2.19. The molecule has 0 atom stereocenters. The Morgan fingerprint density at radius 2 is 1.76 bits per heavy atom. The quantitative estimate of drug-likeness (QED) is 0.285. The number of amidine groups is 1. The van der Waals surface area contributed by atoms with E-state index < -0.39 is 12.4 Å². The van der Waals surface area contributed by atoms with E-state index in [1.165, 1.54) is 51.9 Å². The average Bonchev–Trinajstić information content (AvgIpc) is 3.56. The molecule has 6 rings (SSSR count). The number of hydrogen-bond donors (Lipinski definition) is 1. The van der Waals surface area contributed by atoms with Crippen molar-refractivity contribution in [2.75, 3.05) is 16.0 Å². The number of rotatable bonds is 6. The van der Waals surface area contributed by atoms with E-state index >= 15 is 0 Å². The number of aliphatic imine (C=N–C) groups is 1. The maximum atomic E-state index is 12.7. The first-order valence-corrected chi connectivity index (χ1v) is 13.5. The van der Waals surface area contributed by atoms with E-state index in [0.29, 0.717) is 33.8 Å². The Bertz CT molecular complexity index is 1630. The number of para-hydroxylation sites is 1. The Labute approximate surface area is 236 Å². The van der Waals surface area contributed by atoms with Crippen LogP contribution in [0.4, 0.5) is 29.3 Å². The number of amides is 3. The molecule has 0 radical (unpaired) electrons. The van der Waals surface area contributed by atoms with Crippen LogP contribution in [0.15, 0.2) is 84.1 Å². The van der Waals surface area contributed by atoms with E-state index in [1.807, 2.05) is 24.3 Å². The van der Waals surface area contributed by atoms with Crippen LogP contribution in [0.2, 0.25) is 0 Å². The van der Waals surface area contributed by atoms with Gasteiger partial charge >= 0.3 is 12.4 Å². The Hall–Kier alpha value is -4.65. The maximum absolute atomic E-state index is 12.7. The summed E-state index contributed by atoms with van der Waals surface area (Å²) in [7, 11) is 0. The molecule has 1 aromatic heterocycles. The normalized spacial score (nSPS) is 16.3. The van der Waals surface area contributed by atoms with E-state index in [0.717, 1.165) is 24.1 Å². The fourth-order valence-corrected chi connectivity index (χ4v) is 5.23. The summed E-state index contributed by atoms with van der Waals surface area (Å²) >= 11 is 1.23. The van der Waals surface area contributed by atoms with Crippen molar-refractivity contribution in [2.24, 2.45) is 4.99 Å². The van der Waals surface area contributed by atoms with E-state index in [2.05, 4.69) is 25.1 Å². The van der Waals surface area contributed by atoms with Gasteiger partial charge in [0.25, 0.3) is 0 Å². The number of alkyl halides is 3. The molecule has 0 unspecified atom stereocenters. The zero-order valence-electron chi connectivity index (χ0n) is 21.2. The zero-order valence-corrected chi connectivity index (χ0v) is 22.0. The fraction of sp³-hybridized carbons (Fsp3) is 0.179. The standard InChI is InChI=1S/C28H21F3N6O3S/c29-28(30,31)40-21-13-11-20(12-14-21)36-16-32-25(35-36)18-7-9-19(10-8-18)33-26(39)34-27-37(24(38)15-41-27)23-4-2-1-3-22(23)17-5-6-17/h1-4,7-14,16-17H,5-6,15H2,(H,33,39)/b34-27-. The zero-order chi connectivity index (χ0) is 28.6. The summed E-state index contributed by atoms with van der Waals surface area (Å²) in [6.45, 7) is 0. The van der Waals surface area contributed by atoms with Crippen LogP contribution < -0.4 is 15.0 Å². The lowest BCUT2D eigenvalue weighted by molar-refractivity contribution is -0.274. The molecule has 2 aliphatic rings. The molecule has 2 heterocycles. The van der Waals surface area contributed by atoms with Crippen molar-refractivity contribution in [1.29, 1.82) is 0 Å². The van der Waals surface area contributed by atoms with Gasteiger partial charge in [-0.15, -0.1) is 18.3 Å². The number of carbonyl (C=O) groups is 2. The molecule has 3 amide bonds. The van der Waals surface area contributed by atoms with Crippen LogP contribution >= 0.6 is 11.8 Å². The monoisotopic (exact) mass is 578 g/mol. The molecule has 0 bridgehead atoms.